The summed E-state index contributed by atoms with van der Waals surface area (Å²) < 4.78 is 9.76. The second-order valence-corrected chi connectivity index (χ2v) is 5.53. The van der Waals surface area contributed by atoms with Gasteiger partial charge in [0.1, 0.15) is 5.75 Å². The van der Waals surface area contributed by atoms with E-state index in [9.17, 15) is 9.59 Å². The molecule has 0 radical (unpaired) electrons. The number of amides is 1. The SMILES string of the molecule is COC(=O)CC(NC(=O)c1ccc(OC)cc1)c1cccs1. The molecule has 0 aliphatic carbocycles. The fraction of sp³-hybridized carbons (Fsp3) is 0.250. The van der Waals surface area contributed by atoms with Gasteiger partial charge in [0.2, 0.25) is 0 Å². The van der Waals surface area contributed by atoms with E-state index in [4.69, 9.17) is 9.47 Å². The highest BCUT2D eigenvalue weighted by molar-refractivity contribution is 7.10. The molecule has 0 saturated carbocycles. The van der Waals surface area contributed by atoms with Gasteiger partial charge >= 0.3 is 5.97 Å². The molecule has 0 fully saturated rings. The lowest BCUT2D eigenvalue weighted by atomic mass is 10.1. The van der Waals surface area contributed by atoms with E-state index in [0.29, 0.717) is 11.3 Å². The number of nitrogens with one attached hydrogen (secondary N) is 1. The van der Waals surface area contributed by atoms with Crippen molar-refractivity contribution in [3.05, 3.63) is 52.2 Å². The van der Waals surface area contributed by atoms with Crippen LogP contribution in [0, 0.1) is 0 Å². The summed E-state index contributed by atoms with van der Waals surface area (Å²) in [5.74, 6) is 0.0688. The lowest BCUT2D eigenvalue weighted by Gasteiger charge is -2.16. The van der Waals surface area contributed by atoms with Gasteiger partial charge in [-0.1, -0.05) is 6.07 Å². The van der Waals surface area contributed by atoms with E-state index in [1.165, 1.54) is 18.4 Å². The Bertz CT molecular complexity index is 622. The summed E-state index contributed by atoms with van der Waals surface area (Å²) >= 11 is 1.48. The summed E-state index contributed by atoms with van der Waals surface area (Å²) in [4.78, 5) is 24.8. The first kappa shape index (κ1) is 16.0. The molecule has 0 spiro atoms. The van der Waals surface area contributed by atoms with Crippen LogP contribution in [0.3, 0.4) is 0 Å². The molecule has 0 aliphatic rings. The van der Waals surface area contributed by atoms with Crippen LogP contribution in [-0.4, -0.2) is 26.1 Å². The first-order chi connectivity index (χ1) is 10.6. The zero-order valence-corrected chi connectivity index (χ0v) is 13.2. The zero-order chi connectivity index (χ0) is 15.9. The van der Waals surface area contributed by atoms with Crippen LogP contribution in [0.1, 0.15) is 27.7 Å². The van der Waals surface area contributed by atoms with Gasteiger partial charge in [-0.2, -0.15) is 0 Å². The van der Waals surface area contributed by atoms with Crippen LogP contribution in [0.15, 0.2) is 41.8 Å². The molecule has 0 aliphatic heterocycles. The van der Waals surface area contributed by atoms with Crippen molar-refractivity contribution in [2.24, 2.45) is 0 Å². The summed E-state index contributed by atoms with van der Waals surface area (Å²) in [5.41, 5.74) is 0.507. The van der Waals surface area contributed by atoms with Crippen molar-refractivity contribution in [1.29, 1.82) is 0 Å². The molecule has 5 nitrogen and oxygen atoms in total. The summed E-state index contributed by atoms with van der Waals surface area (Å²) in [6.07, 6.45) is 0.0961. The highest BCUT2D eigenvalue weighted by Crippen LogP contribution is 2.23. The molecule has 2 aromatic rings. The van der Waals surface area contributed by atoms with E-state index >= 15 is 0 Å². The summed E-state index contributed by atoms with van der Waals surface area (Å²) in [7, 11) is 2.90. The fourth-order valence-electron chi connectivity index (χ4n) is 1.95. The molecule has 1 amide bonds. The first-order valence-corrected chi connectivity index (χ1v) is 7.57. The van der Waals surface area contributed by atoms with Gasteiger partial charge in [0, 0.05) is 10.4 Å². The fourth-order valence-corrected chi connectivity index (χ4v) is 2.72. The molecule has 0 bridgehead atoms. The maximum atomic E-state index is 12.3. The third-order valence-electron chi connectivity index (χ3n) is 3.14. The monoisotopic (exact) mass is 319 g/mol. The molecule has 116 valence electrons. The summed E-state index contributed by atoms with van der Waals surface area (Å²) in [6.45, 7) is 0. The van der Waals surface area contributed by atoms with Crippen LogP contribution in [0.4, 0.5) is 0 Å². The van der Waals surface area contributed by atoms with E-state index in [1.54, 1.807) is 31.4 Å². The number of esters is 1. The Balaban J connectivity index is 2.11. The Morgan fingerprint density at radius 1 is 1.18 bits per heavy atom. The largest absolute Gasteiger partial charge is 0.497 e. The Morgan fingerprint density at radius 3 is 2.45 bits per heavy atom. The van der Waals surface area contributed by atoms with Crippen LogP contribution in [0.25, 0.3) is 0 Å². The highest BCUT2D eigenvalue weighted by Gasteiger charge is 2.20. The van der Waals surface area contributed by atoms with Crippen LogP contribution in [-0.2, 0) is 9.53 Å². The minimum atomic E-state index is -0.401. The average molecular weight is 319 g/mol. The number of ether oxygens (including phenoxy) is 2. The minimum absolute atomic E-state index is 0.0961. The number of benzene rings is 1. The topological polar surface area (TPSA) is 64.6 Å². The first-order valence-electron chi connectivity index (χ1n) is 6.69. The van der Waals surface area contributed by atoms with E-state index in [2.05, 4.69) is 5.32 Å². The number of hydrogen-bond donors (Lipinski definition) is 1. The molecule has 1 atom stereocenters. The lowest BCUT2D eigenvalue weighted by molar-refractivity contribution is -0.141. The van der Waals surface area contributed by atoms with E-state index in [0.717, 1.165) is 4.88 Å². The second-order valence-electron chi connectivity index (χ2n) is 4.55. The standard InChI is InChI=1S/C16H17NO4S/c1-20-12-7-5-11(6-8-12)16(19)17-13(10-15(18)21-2)14-4-3-9-22-14/h3-9,13H,10H2,1-2H3,(H,17,19). The Morgan fingerprint density at radius 2 is 1.91 bits per heavy atom. The third kappa shape index (κ3) is 4.08. The van der Waals surface area contributed by atoms with Crippen LogP contribution in [0.2, 0.25) is 0 Å². The molecule has 1 unspecified atom stereocenters. The summed E-state index contributed by atoms with van der Waals surface area (Å²) in [5, 5.41) is 4.77. The normalized spacial score (nSPS) is 11.5. The lowest BCUT2D eigenvalue weighted by Crippen LogP contribution is -2.30. The quantitative estimate of drug-likeness (QED) is 0.832. The zero-order valence-electron chi connectivity index (χ0n) is 12.4. The van der Waals surface area contributed by atoms with Crippen LogP contribution in [0.5, 0.6) is 5.75 Å². The van der Waals surface area contributed by atoms with E-state index < -0.39 is 6.04 Å². The molecule has 1 aromatic carbocycles. The smallest absolute Gasteiger partial charge is 0.307 e. The molecular weight excluding hydrogens is 302 g/mol. The van der Waals surface area contributed by atoms with Crippen molar-refractivity contribution in [1.82, 2.24) is 5.32 Å². The number of methoxy groups -OCH3 is 2. The van der Waals surface area contributed by atoms with Gasteiger partial charge < -0.3 is 14.8 Å². The molecule has 22 heavy (non-hydrogen) atoms. The highest BCUT2D eigenvalue weighted by atomic mass is 32.1. The Kier molecular flexibility index (Phi) is 5.55. The van der Waals surface area contributed by atoms with Crippen LogP contribution >= 0.6 is 11.3 Å². The number of rotatable bonds is 6. The number of carbonyl (C=O) groups is 2. The van der Waals surface area contributed by atoms with E-state index in [-0.39, 0.29) is 18.3 Å². The number of carbonyl (C=O) groups excluding carboxylic acids is 2. The third-order valence-corrected chi connectivity index (χ3v) is 4.13. The van der Waals surface area contributed by atoms with Gasteiger partial charge in [0.05, 0.1) is 26.7 Å². The Labute approximate surface area is 132 Å². The second kappa shape index (κ2) is 7.61. The van der Waals surface area contributed by atoms with Gasteiger partial charge in [-0.25, -0.2) is 0 Å². The van der Waals surface area contributed by atoms with Gasteiger partial charge in [-0.15, -0.1) is 11.3 Å². The van der Waals surface area contributed by atoms with E-state index in [1.807, 2.05) is 17.5 Å². The van der Waals surface area contributed by atoms with Crippen LogP contribution < -0.4 is 10.1 Å². The Hall–Kier alpha value is -2.34. The molecular formula is C16H17NO4S. The molecule has 1 aromatic heterocycles. The summed E-state index contributed by atoms with van der Waals surface area (Å²) in [6, 6.07) is 10.2. The molecule has 1 N–H and O–H groups in total. The number of thiophene rings is 1. The van der Waals surface area contributed by atoms with Crippen molar-refractivity contribution >= 4 is 23.2 Å². The predicted molar refractivity (Wildman–Crippen MR) is 84.2 cm³/mol. The van der Waals surface area contributed by atoms with Crippen molar-refractivity contribution < 1.29 is 19.1 Å². The van der Waals surface area contributed by atoms with Crippen molar-refractivity contribution in [3.63, 3.8) is 0 Å². The average Bonchev–Trinajstić information content (AvgIpc) is 3.08. The maximum absolute atomic E-state index is 12.3. The van der Waals surface area contributed by atoms with Gasteiger partial charge in [0.25, 0.3) is 5.91 Å². The van der Waals surface area contributed by atoms with Gasteiger partial charge in [-0.05, 0) is 35.7 Å². The molecule has 0 saturated heterocycles. The molecule has 6 heteroatoms. The number of hydrogen-bond acceptors (Lipinski definition) is 5. The minimum Gasteiger partial charge on any atom is -0.497 e. The predicted octanol–water partition coefficient (Wildman–Crippen LogP) is 2.79. The maximum Gasteiger partial charge on any atom is 0.307 e. The van der Waals surface area contributed by atoms with Crippen molar-refractivity contribution in [2.45, 2.75) is 12.5 Å². The molecule has 2 rings (SSSR count). The van der Waals surface area contributed by atoms with Crippen molar-refractivity contribution in [2.75, 3.05) is 14.2 Å². The van der Waals surface area contributed by atoms with Gasteiger partial charge in [0.15, 0.2) is 0 Å². The molecule has 1 heterocycles. The van der Waals surface area contributed by atoms with Crippen molar-refractivity contribution in [3.8, 4) is 5.75 Å². The van der Waals surface area contributed by atoms with Gasteiger partial charge in [-0.3, -0.25) is 9.59 Å².